The highest BCUT2D eigenvalue weighted by molar-refractivity contribution is 7.98. The number of hydrogen-bond donors (Lipinski definition) is 1. The predicted octanol–water partition coefficient (Wildman–Crippen LogP) is -0.658. The fourth-order valence-corrected chi connectivity index (χ4v) is 2.61. The lowest BCUT2D eigenvalue weighted by molar-refractivity contribution is -0.431. The number of carbonyl (C=O) groups is 1. The van der Waals surface area contributed by atoms with Crippen LogP contribution in [0.1, 0.15) is 4.88 Å². The third kappa shape index (κ3) is 3.80. The zero-order chi connectivity index (χ0) is 9.68. The second-order valence-electron chi connectivity index (χ2n) is 2.61. The van der Waals surface area contributed by atoms with Gasteiger partial charge in [-0.15, -0.1) is 23.1 Å². The van der Waals surface area contributed by atoms with Crippen molar-refractivity contribution in [2.24, 2.45) is 0 Å². The van der Waals surface area contributed by atoms with Crippen molar-refractivity contribution < 1.29 is 15.6 Å². The van der Waals surface area contributed by atoms with Crippen LogP contribution in [0.25, 0.3) is 0 Å². The topological polar surface area (TPSA) is 67.8 Å². The molecule has 0 radical (unpaired) electrons. The first-order valence-corrected chi connectivity index (χ1v) is 5.87. The third-order valence-electron chi connectivity index (χ3n) is 1.48. The highest BCUT2D eigenvalue weighted by Gasteiger charge is 2.06. The molecule has 0 amide bonds. The third-order valence-corrected chi connectivity index (χ3v) is 3.69. The number of hydrogen-bond acceptors (Lipinski definition) is 4. The average Bonchev–Trinajstić information content (AvgIpc) is 2.56. The molecule has 3 N–H and O–H groups in total. The smallest absolute Gasteiger partial charge is 0.134 e. The minimum absolute atomic E-state index is 0.514. The standard InChI is InChI=1S/C8H11NO2S2/c9-7(8(10)11)5-12-4-6-2-1-3-13-6/h1-3,7H,4-5,9H2,(H,10,11)/t7-/m0/s1. The molecule has 0 fully saturated rings. The highest BCUT2D eigenvalue weighted by Crippen LogP contribution is 2.16. The molecule has 0 spiro atoms. The van der Waals surface area contributed by atoms with E-state index < -0.39 is 12.0 Å². The summed E-state index contributed by atoms with van der Waals surface area (Å²) < 4.78 is 0. The van der Waals surface area contributed by atoms with Gasteiger partial charge in [0.2, 0.25) is 0 Å². The van der Waals surface area contributed by atoms with Gasteiger partial charge in [-0.1, -0.05) is 6.07 Å². The Balaban J connectivity index is 2.18. The van der Waals surface area contributed by atoms with Gasteiger partial charge < -0.3 is 15.6 Å². The van der Waals surface area contributed by atoms with Gasteiger partial charge in [-0.3, -0.25) is 0 Å². The van der Waals surface area contributed by atoms with Crippen molar-refractivity contribution in [3.63, 3.8) is 0 Å². The van der Waals surface area contributed by atoms with E-state index in [-0.39, 0.29) is 0 Å². The monoisotopic (exact) mass is 217 g/mol. The number of carbonyl (C=O) groups excluding carboxylic acids is 1. The van der Waals surface area contributed by atoms with Crippen LogP contribution in [0.2, 0.25) is 0 Å². The molecule has 3 nitrogen and oxygen atoms in total. The van der Waals surface area contributed by atoms with Crippen LogP contribution in [0, 0.1) is 0 Å². The van der Waals surface area contributed by atoms with Gasteiger partial charge in [-0.25, -0.2) is 0 Å². The molecule has 13 heavy (non-hydrogen) atoms. The molecule has 1 rings (SSSR count). The number of thiophene rings is 1. The summed E-state index contributed by atoms with van der Waals surface area (Å²) in [4.78, 5) is 11.6. The Bertz CT molecular complexity index is 261. The maximum absolute atomic E-state index is 10.3. The zero-order valence-electron chi connectivity index (χ0n) is 7.06. The second-order valence-corrected chi connectivity index (χ2v) is 4.67. The van der Waals surface area contributed by atoms with Crippen molar-refractivity contribution in [1.29, 1.82) is 0 Å². The first-order valence-electron chi connectivity index (χ1n) is 3.84. The lowest BCUT2D eigenvalue weighted by Gasteiger charge is -2.07. The summed E-state index contributed by atoms with van der Waals surface area (Å²) in [6, 6.07) is 3.42. The lowest BCUT2D eigenvalue weighted by atomic mass is 10.4. The van der Waals surface area contributed by atoms with Gasteiger partial charge in [0.25, 0.3) is 0 Å². The predicted molar refractivity (Wildman–Crippen MR) is 52.2 cm³/mol. The molecule has 1 aromatic rings. The van der Waals surface area contributed by atoms with E-state index in [2.05, 4.69) is 5.73 Å². The van der Waals surface area contributed by atoms with Gasteiger partial charge in [0.1, 0.15) is 6.04 Å². The average molecular weight is 217 g/mol. The largest absolute Gasteiger partial charge is 0.544 e. The molecule has 1 atom stereocenters. The molecular formula is C8H11NO2S2. The Morgan fingerprint density at radius 1 is 1.77 bits per heavy atom. The summed E-state index contributed by atoms with van der Waals surface area (Å²) >= 11 is 3.25. The Hall–Kier alpha value is -0.520. The van der Waals surface area contributed by atoms with Crippen LogP contribution in [0.4, 0.5) is 0 Å². The van der Waals surface area contributed by atoms with Gasteiger partial charge in [-0.05, 0) is 11.4 Å². The molecule has 72 valence electrons. The normalized spacial score (nSPS) is 12.7. The minimum Gasteiger partial charge on any atom is -0.544 e. The van der Waals surface area contributed by atoms with Crippen LogP contribution >= 0.6 is 23.1 Å². The second kappa shape index (κ2) is 5.26. The van der Waals surface area contributed by atoms with Crippen LogP contribution in [0.5, 0.6) is 0 Å². The molecule has 0 aromatic carbocycles. The van der Waals surface area contributed by atoms with E-state index >= 15 is 0 Å². The first kappa shape index (κ1) is 10.6. The number of quaternary nitrogens is 1. The van der Waals surface area contributed by atoms with Crippen molar-refractivity contribution >= 4 is 29.1 Å². The molecular weight excluding hydrogens is 206 g/mol. The summed E-state index contributed by atoms with van der Waals surface area (Å²) in [6.07, 6.45) is 0. The Kier molecular flexibility index (Phi) is 4.27. The van der Waals surface area contributed by atoms with Crippen LogP contribution < -0.4 is 10.8 Å². The van der Waals surface area contributed by atoms with Crippen molar-refractivity contribution in [1.82, 2.24) is 0 Å². The molecule has 0 aliphatic carbocycles. The van der Waals surface area contributed by atoms with Crippen LogP contribution in [-0.2, 0) is 10.5 Å². The molecule has 0 bridgehead atoms. The Labute approximate surface area is 85.0 Å². The Morgan fingerprint density at radius 2 is 2.54 bits per heavy atom. The maximum atomic E-state index is 10.3. The van der Waals surface area contributed by atoms with Crippen molar-refractivity contribution in [3.8, 4) is 0 Å². The van der Waals surface area contributed by atoms with Gasteiger partial charge in [-0.2, -0.15) is 0 Å². The first-order chi connectivity index (χ1) is 6.20. The minimum atomic E-state index is -1.07. The fraction of sp³-hybridized carbons (Fsp3) is 0.375. The summed E-state index contributed by atoms with van der Waals surface area (Å²) in [6.45, 7) is 0. The number of carboxylic acid groups (broad SMARTS) is 1. The highest BCUT2D eigenvalue weighted by atomic mass is 32.2. The summed E-state index contributed by atoms with van der Waals surface area (Å²) in [7, 11) is 0. The van der Waals surface area contributed by atoms with E-state index in [1.807, 2.05) is 17.5 Å². The van der Waals surface area contributed by atoms with E-state index in [1.54, 1.807) is 23.1 Å². The van der Waals surface area contributed by atoms with Gasteiger partial charge >= 0.3 is 0 Å². The fourth-order valence-electron chi connectivity index (χ4n) is 0.765. The van der Waals surface area contributed by atoms with Gasteiger partial charge in [0, 0.05) is 10.6 Å². The molecule has 0 aliphatic heterocycles. The molecule has 1 heterocycles. The molecule has 0 saturated carbocycles. The number of rotatable bonds is 5. The van der Waals surface area contributed by atoms with E-state index in [1.165, 1.54) is 4.88 Å². The van der Waals surface area contributed by atoms with E-state index in [0.717, 1.165) is 5.75 Å². The van der Waals surface area contributed by atoms with E-state index in [0.29, 0.717) is 5.75 Å². The quantitative estimate of drug-likeness (QED) is 0.712. The van der Waals surface area contributed by atoms with E-state index in [9.17, 15) is 9.90 Å². The van der Waals surface area contributed by atoms with Gasteiger partial charge in [0.05, 0.1) is 11.7 Å². The lowest BCUT2D eigenvalue weighted by Crippen LogP contribution is -2.69. The number of thioether (sulfide) groups is 1. The van der Waals surface area contributed by atoms with Crippen LogP contribution in [0.3, 0.4) is 0 Å². The van der Waals surface area contributed by atoms with Crippen LogP contribution in [0.15, 0.2) is 17.5 Å². The van der Waals surface area contributed by atoms with Crippen molar-refractivity contribution in [2.75, 3.05) is 5.75 Å². The molecule has 0 unspecified atom stereocenters. The SMILES string of the molecule is [NH3+][C@@H](CSCc1cccs1)C(=O)[O-]. The number of carboxylic acids is 1. The zero-order valence-corrected chi connectivity index (χ0v) is 8.70. The van der Waals surface area contributed by atoms with E-state index in [4.69, 9.17) is 0 Å². The Morgan fingerprint density at radius 3 is 3.08 bits per heavy atom. The van der Waals surface area contributed by atoms with Crippen LogP contribution in [-0.4, -0.2) is 17.8 Å². The number of aliphatic carboxylic acids is 1. The summed E-state index contributed by atoms with van der Waals surface area (Å²) in [5.41, 5.74) is 3.48. The van der Waals surface area contributed by atoms with Crippen molar-refractivity contribution in [3.05, 3.63) is 22.4 Å². The summed E-state index contributed by atoms with van der Waals surface area (Å²) in [5, 5.41) is 12.3. The molecule has 1 aromatic heterocycles. The molecule has 5 heteroatoms. The summed E-state index contributed by atoms with van der Waals surface area (Å²) in [5.74, 6) is 0.302. The maximum Gasteiger partial charge on any atom is 0.134 e. The molecule has 0 saturated heterocycles. The van der Waals surface area contributed by atoms with Gasteiger partial charge in [0.15, 0.2) is 0 Å². The molecule has 0 aliphatic rings. The van der Waals surface area contributed by atoms with Crippen molar-refractivity contribution in [2.45, 2.75) is 11.8 Å².